The van der Waals surface area contributed by atoms with Crippen LogP contribution in [-0.2, 0) is 6.42 Å². The SMILES string of the molecule is CC(Cc1ccccc1)=C([O-])C1=[N+](c2c(C(C)C)cccc2C(C)C)CCN1c1c(C(C)C)cccc1C(C)C. The Kier molecular flexibility index (Phi) is 9.23. The Bertz CT molecular complexity index is 1340. The highest BCUT2D eigenvalue weighted by Gasteiger charge is 2.38. The maximum absolute atomic E-state index is 14.7. The van der Waals surface area contributed by atoms with Crippen LogP contribution in [0.2, 0.25) is 0 Å². The van der Waals surface area contributed by atoms with Crippen molar-refractivity contribution in [2.75, 3.05) is 18.0 Å². The topological polar surface area (TPSA) is 29.3 Å². The number of hydrogen-bond donors (Lipinski definition) is 0. The summed E-state index contributed by atoms with van der Waals surface area (Å²) < 4.78 is 2.36. The van der Waals surface area contributed by atoms with Gasteiger partial charge in [0, 0.05) is 22.3 Å². The summed E-state index contributed by atoms with van der Waals surface area (Å²) >= 11 is 0. The Morgan fingerprint density at radius 2 is 1.18 bits per heavy atom. The van der Waals surface area contributed by atoms with E-state index < -0.39 is 0 Å². The van der Waals surface area contributed by atoms with E-state index in [9.17, 15) is 5.11 Å². The fourth-order valence-corrected chi connectivity index (χ4v) is 6.06. The Morgan fingerprint density at radius 3 is 1.65 bits per heavy atom. The minimum Gasteiger partial charge on any atom is -0.867 e. The molecule has 0 unspecified atom stereocenters. The Morgan fingerprint density at radius 1 is 0.700 bits per heavy atom. The molecule has 0 spiro atoms. The van der Waals surface area contributed by atoms with Gasteiger partial charge in [-0.25, -0.2) is 9.48 Å². The standard InChI is InChI=1S/C37H48N2O/c1-24(2)30-17-13-18-31(25(3)4)34(30)38-21-22-39(35-32(26(5)6)19-14-20-33(35)27(7)8)37(38)36(40)28(9)23-29-15-11-10-12-16-29/h10-20,24-27H,21-23H2,1-9H3. The van der Waals surface area contributed by atoms with E-state index >= 15 is 0 Å². The van der Waals surface area contributed by atoms with E-state index in [0.717, 1.165) is 24.5 Å². The zero-order chi connectivity index (χ0) is 29.1. The van der Waals surface area contributed by atoms with Gasteiger partial charge in [-0.05, 0) is 48.3 Å². The monoisotopic (exact) mass is 536 g/mol. The third-order valence-electron chi connectivity index (χ3n) is 8.19. The van der Waals surface area contributed by atoms with Crippen LogP contribution in [0.15, 0.2) is 78.1 Å². The molecule has 0 aliphatic carbocycles. The van der Waals surface area contributed by atoms with Crippen molar-refractivity contribution in [2.24, 2.45) is 0 Å². The summed E-state index contributed by atoms with van der Waals surface area (Å²) in [4.78, 5) is 2.36. The second-order valence-corrected chi connectivity index (χ2v) is 12.6. The lowest BCUT2D eigenvalue weighted by molar-refractivity contribution is -0.436. The van der Waals surface area contributed by atoms with Crippen molar-refractivity contribution in [3.63, 3.8) is 0 Å². The number of allylic oxidation sites excluding steroid dienone is 1. The van der Waals surface area contributed by atoms with E-state index in [-0.39, 0.29) is 5.76 Å². The molecule has 3 aromatic rings. The van der Waals surface area contributed by atoms with Gasteiger partial charge in [0.15, 0.2) is 0 Å². The first-order valence-corrected chi connectivity index (χ1v) is 15.1. The van der Waals surface area contributed by atoms with Crippen LogP contribution in [0.1, 0.15) is 114 Å². The average molecular weight is 537 g/mol. The molecule has 1 aliphatic heterocycles. The summed E-state index contributed by atoms with van der Waals surface area (Å²) in [6.07, 6.45) is 0.649. The normalized spacial score (nSPS) is 14.8. The van der Waals surface area contributed by atoms with E-state index in [1.54, 1.807) is 0 Å². The first kappa shape index (κ1) is 29.6. The predicted molar refractivity (Wildman–Crippen MR) is 169 cm³/mol. The second-order valence-electron chi connectivity index (χ2n) is 12.6. The number of hydrogen-bond acceptors (Lipinski definition) is 2. The molecule has 0 fully saturated rings. The molecule has 1 heterocycles. The number of nitrogens with zero attached hydrogens (tertiary/aromatic N) is 2. The molecule has 40 heavy (non-hydrogen) atoms. The van der Waals surface area contributed by atoms with Crippen LogP contribution < -0.4 is 10.0 Å². The largest absolute Gasteiger partial charge is 0.867 e. The van der Waals surface area contributed by atoms with Crippen LogP contribution >= 0.6 is 0 Å². The maximum Gasteiger partial charge on any atom is 0.274 e. The Labute approximate surface area is 242 Å². The third kappa shape index (κ3) is 5.89. The van der Waals surface area contributed by atoms with Gasteiger partial charge in [0.1, 0.15) is 24.5 Å². The second kappa shape index (κ2) is 12.5. The predicted octanol–water partition coefficient (Wildman–Crippen LogP) is 8.62. The van der Waals surface area contributed by atoms with Gasteiger partial charge < -0.3 is 5.11 Å². The fraction of sp³-hybridized carbons (Fsp3) is 0.432. The first-order valence-electron chi connectivity index (χ1n) is 15.1. The van der Waals surface area contributed by atoms with Gasteiger partial charge in [-0.3, -0.25) is 0 Å². The molecule has 3 aromatic carbocycles. The van der Waals surface area contributed by atoms with Gasteiger partial charge in [0.2, 0.25) is 0 Å². The van der Waals surface area contributed by atoms with Crippen LogP contribution in [0.5, 0.6) is 0 Å². The highest BCUT2D eigenvalue weighted by atomic mass is 16.3. The van der Waals surface area contributed by atoms with E-state index in [2.05, 4.69) is 126 Å². The highest BCUT2D eigenvalue weighted by Crippen LogP contribution is 2.40. The van der Waals surface area contributed by atoms with E-state index in [0.29, 0.717) is 30.1 Å². The van der Waals surface area contributed by atoms with Crippen LogP contribution in [0.25, 0.3) is 0 Å². The summed E-state index contributed by atoms with van der Waals surface area (Å²) in [6.45, 7) is 21.7. The van der Waals surface area contributed by atoms with Gasteiger partial charge in [-0.2, -0.15) is 0 Å². The molecule has 0 atom stereocenters. The lowest BCUT2D eigenvalue weighted by atomic mass is 9.91. The van der Waals surface area contributed by atoms with Gasteiger partial charge in [0.05, 0.1) is 0 Å². The average Bonchev–Trinajstić information content (AvgIpc) is 3.36. The minimum absolute atomic E-state index is 0.142. The summed E-state index contributed by atoms with van der Waals surface area (Å²) in [5.41, 5.74) is 9.71. The molecule has 3 nitrogen and oxygen atoms in total. The molecule has 0 aromatic heterocycles. The Hall–Kier alpha value is -3.33. The van der Waals surface area contributed by atoms with Crippen LogP contribution in [0, 0.1) is 0 Å². The summed E-state index contributed by atoms with van der Waals surface area (Å²) in [5.74, 6) is 2.34. The quantitative estimate of drug-likeness (QED) is 0.202. The number of anilines is 1. The lowest BCUT2D eigenvalue weighted by Crippen LogP contribution is -2.37. The summed E-state index contributed by atoms with van der Waals surface area (Å²) in [5, 5.41) is 14.7. The van der Waals surface area contributed by atoms with E-state index in [4.69, 9.17) is 0 Å². The molecule has 0 N–H and O–H groups in total. The number of benzene rings is 3. The molecule has 0 radical (unpaired) electrons. The van der Waals surface area contributed by atoms with Crippen molar-refractivity contribution in [1.29, 1.82) is 0 Å². The maximum atomic E-state index is 14.7. The Balaban J connectivity index is 2.06. The number of para-hydroxylation sites is 2. The third-order valence-corrected chi connectivity index (χ3v) is 8.19. The van der Waals surface area contributed by atoms with Crippen LogP contribution in [0.3, 0.4) is 0 Å². The summed E-state index contributed by atoms with van der Waals surface area (Å²) in [6, 6.07) is 23.7. The molecule has 4 rings (SSSR count). The van der Waals surface area contributed by atoms with Crippen molar-refractivity contribution in [3.8, 4) is 0 Å². The molecule has 212 valence electrons. The molecule has 0 bridgehead atoms. The smallest absolute Gasteiger partial charge is 0.274 e. The molecule has 0 saturated carbocycles. The van der Waals surface area contributed by atoms with Crippen molar-refractivity contribution < 1.29 is 9.68 Å². The van der Waals surface area contributed by atoms with Gasteiger partial charge in [-0.1, -0.05) is 128 Å². The van der Waals surface area contributed by atoms with Crippen molar-refractivity contribution >= 4 is 17.2 Å². The minimum atomic E-state index is 0.142. The van der Waals surface area contributed by atoms with Gasteiger partial charge in [-0.15, -0.1) is 0 Å². The number of amidine groups is 1. The molecule has 3 heteroatoms. The van der Waals surface area contributed by atoms with Crippen LogP contribution in [-0.4, -0.2) is 23.5 Å². The number of rotatable bonds is 9. The van der Waals surface area contributed by atoms with Crippen molar-refractivity contribution in [1.82, 2.24) is 0 Å². The molecular weight excluding hydrogens is 488 g/mol. The van der Waals surface area contributed by atoms with Crippen LogP contribution in [0.4, 0.5) is 11.4 Å². The molecule has 1 aliphatic rings. The summed E-state index contributed by atoms with van der Waals surface area (Å²) in [7, 11) is 0. The van der Waals surface area contributed by atoms with Crippen molar-refractivity contribution in [2.45, 2.75) is 92.4 Å². The van der Waals surface area contributed by atoms with Gasteiger partial charge in [0.25, 0.3) is 5.84 Å². The molecular formula is C37H48N2O. The first-order chi connectivity index (χ1) is 19.0. The van der Waals surface area contributed by atoms with Crippen molar-refractivity contribution in [3.05, 3.63) is 106 Å². The zero-order valence-corrected chi connectivity index (χ0v) is 26.1. The highest BCUT2D eigenvalue weighted by molar-refractivity contribution is 6.07. The molecule has 0 saturated heterocycles. The van der Waals surface area contributed by atoms with E-state index in [1.807, 2.05) is 13.0 Å². The molecule has 0 amide bonds. The fourth-order valence-electron chi connectivity index (χ4n) is 6.06. The van der Waals surface area contributed by atoms with E-state index in [1.165, 1.54) is 39.2 Å². The lowest BCUT2D eigenvalue weighted by Gasteiger charge is -2.27. The zero-order valence-electron chi connectivity index (χ0n) is 26.1. The van der Waals surface area contributed by atoms with Gasteiger partial charge >= 0.3 is 0 Å².